The third-order valence-electron chi connectivity index (χ3n) is 3.29. The van der Waals surface area contributed by atoms with E-state index in [1.54, 1.807) is 13.0 Å². The molecule has 0 atom stereocenters. The minimum atomic E-state index is -0.294. The monoisotopic (exact) mass is 340 g/mol. The maximum atomic E-state index is 12.6. The Hall–Kier alpha value is -2.74. The number of nitrogens with one attached hydrogen (secondary N) is 1. The Bertz CT molecular complexity index is 945. The molecule has 0 aliphatic heterocycles. The van der Waals surface area contributed by atoms with Crippen LogP contribution in [0, 0.1) is 13.8 Å². The third kappa shape index (κ3) is 3.28. The second-order valence-corrected chi connectivity index (χ2v) is 5.89. The highest BCUT2D eigenvalue weighted by molar-refractivity contribution is 7.98. The molecule has 0 amide bonds. The Balaban J connectivity index is 2.03. The molecule has 0 radical (unpaired) electrons. The number of benzene rings is 1. The molecule has 1 aromatic carbocycles. The molecule has 0 fully saturated rings. The topological polar surface area (TPSA) is 88.3 Å². The summed E-state index contributed by atoms with van der Waals surface area (Å²) in [5.41, 5.74) is 2.07. The molecule has 0 aliphatic rings. The van der Waals surface area contributed by atoms with Crippen LogP contribution in [0.15, 0.2) is 56.6 Å². The highest BCUT2D eigenvalue weighted by Crippen LogP contribution is 2.19. The Morgan fingerprint density at radius 2 is 1.88 bits per heavy atom. The van der Waals surface area contributed by atoms with Crippen molar-refractivity contribution in [2.45, 2.75) is 19.0 Å². The van der Waals surface area contributed by atoms with Gasteiger partial charge in [-0.25, -0.2) is 9.97 Å². The fourth-order valence-corrected chi connectivity index (χ4v) is 2.57. The lowest BCUT2D eigenvalue weighted by Crippen LogP contribution is -2.16. The first kappa shape index (κ1) is 16.1. The average molecular weight is 340 g/mol. The molecule has 0 aliphatic carbocycles. The van der Waals surface area contributed by atoms with Gasteiger partial charge in [0.2, 0.25) is 0 Å². The number of rotatable bonds is 4. The summed E-state index contributed by atoms with van der Waals surface area (Å²) in [5.74, 6) is 0.487. The molecule has 0 saturated carbocycles. The Kier molecular flexibility index (Phi) is 4.57. The van der Waals surface area contributed by atoms with Crippen LogP contribution in [0.1, 0.15) is 11.4 Å². The summed E-state index contributed by atoms with van der Waals surface area (Å²) < 4.78 is 1.36. The summed E-state index contributed by atoms with van der Waals surface area (Å²) in [6.45, 7) is 3.64. The third-order valence-corrected chi connectivity index (χ3v) is 3.84. The van der Waals surface area contributed by atoms with Crippen molar-refractivity contribution in [3.05, 3.63) is 58.1 Å². The summed E-state index contributed by atoms with van der Waals surface area (Å²) in [5, 5.41) is 11.8. The van der Waals surface area contributed by atoms with Gasteiger partial charge in [-0.05, 0) is 32.2 Å². The van der Waals surface area contributed by atoms with Crippen LogP contribution in [0.3, 0.4) is 0 Å². The van der Waals surface area contributed by atoms with Crippen molar-refractivity contribution in [2.75, 3.05) is 6.26 Å². The maximum Gasteiger partial charge on any atom is 0.300 e. The normalized spacial score (nSPS) is 11.3. The molecular formula is C16H16N6OS. The summed E-state index contributed by atoms with van der Waals surface area (Å²) in [7, 11) is 0. The molecule has 8 heteroatoms. The van der Waals surface area contributed by atoms with Gasteiger partial charge in [0.15, 0.2) is 16.7 Å². The number of aromatic amines is 1. The van der Waals surface area contributed by atoms with E-state index in [9.17, 15) is 4.79 Å². The fraction of sp³-hybridized carbons (Fsp3) is 0.188. The van der Waals surface area contributed by atoms with Gasteiger partial charge >= 0.3 is 5.56 Å². The van der Waals surface area contributed by atoms with Crippen molar-refractivity contribution in [1.29, 1.82) is 0 Å². The molecule has 3 aromatic rings. The fourth-order valence-electron chi connectivity index (χ4n) is 2.15. The van der Waals surface area contributed by atoms with Gasteiger partial charge in [0, 0.05) is 11.8 Å². The highest BCUT2D eigenvalue weighted by Gasteiger charge is 2.14. The number of azo groups is 1. The minimum absolute atomic E-state index is 0.265. The van der Waals surface area contributed by atoms with Crippen LogP contribution in [0.4, 0.5) is 11.4 Å². The van der Waals surface area contributed by atoms with Crippen molar-refractivity contribution >= 4 is 23.1 Å². The molecule has 0 unspecified atom stereocenters. The first-order valence-corrected chi connectivity index (χ1v) is 8.49. The second kappa shape index (κ2) is 6.79. The summed E-state index contributed by atoms with van der Waals surface area (Å²) in [4.78, 5) is 21.3. The van der Waals surface area contributed by atoms with E-state index in [0.717, 1.165) is 5.69 Å². The lowest BCUT2D eigenvalue weighted by molar-refractivity contribution is 0.771. The van der Waals surface area contributed by atoms with Gasteiger partial charge in [-0.3, -0.25) is 9.89 Å². The van der Waals surface area contributed by atoms with Crippen LogP contribution in [0.25, 0.3) is 5.82 Å². The van der Waals surface area contributed by atoms with E-state index in [2.05, 4.69) is 25.3 Å². The number of hydrogen-bond donors (Lipinski definition) is 1. The van der Waals surface area contributed by atoms with E-state index >= 15 is 0 Å². The van der Waals surface area contributed by atoms with Crippen molar-refractivity contribution in [1.82, 2.24) is 19.7 Å². The maximum absolute atomic E-state index is 12.6. The van der Waals surface area contributed by atoms with Crippen LogP contribution in [0.5, 0.6) is 0 Å². The van der Waals surface area contributed by atoms with E-state index in [-0.39, 0.29) is 11.2 Å². The second-order valence-electron chi connectivity index (χ2n) is 5.12. The molecule has 1 N–H and O–H groups in total. The van der Waals surface area contributed by atoms with Crippen LogP contribution in [-0.2, 0) is 0 Å². The van der Waals surface area contributed by atoms with Crippen molar-refractivity contribution in [3.8, 4) is 5.82 Å². The Labute approximate surface area is 142 Å². The van der Waals surface area contributed by atoms with Gasteiger partial charge in [0.25, 0.3) is 0 Å². The van der Waals surface area contributed by atoms with E-state index in [1.807, 2.05) is 43.5 Å². The number of aryl methyl sites for hydroxylation is 2. The van der Waals surface area contributed by atoms with E-state index in [1.165, 1.54) is 16.4 Å². The molecule has 7 nitrogen and oxygen atoms in total. The molecule has 0 saturated heterocycles. The van der Waals surface area contributed by atoms with Crippen molar-refractivity contribution < 1.29 is 0 Å². The van der Waals surface area contributed by atoms with Crippen LogP contribution >= 0.6 is 11.8 Å². The van der Waals surface area contributed by atoms with Crippen LogP contribution < -0.4 is 5.56 Å². The van der Waals surface area contributed by atoms with Crippen LogP contribution in [0.2, 0.25) is 0 Å². The summed E-state index contributed by atoms with van der Waals surface area (Å²) in [6.07, 6.45) is 1.89. The molecule has 24 heavy (non-hydrogen) atoms. The first-order chi connectivity index (χ1) is 11.6. The van der Waals surface area contributed by atoms with Gasteiger partial charge < -0.3 is 0 Å². The number of thioether (sulfide) groups is 1. The molecule has 0 bridgehead atoms. The van der Waals surface area contributed by atoms with E-state index in [0.29, 0.717) is 22.4 Å². The molecule has 2 aromatic heterocycles. The van der Waals surface area contributed by atoms with E-state index < -0.39 is 0 Å². The predicted molar refractivity (Wildman–Crippen MR) is 93.9 cm³/mol. The smallest absolute Gasteiger partial charge is 0.292 e. The molecule has 0 spiro atoms. The molecule has 122 valence electrons. The molecule has 3 rings (SSSR count). The summed E-state index contributed by atoms with van der Waals surface area (Å²) >= 11 is 1.42. The quantitative estimate of drug-likeness (QED) is 0.445. The van der Waals surface area contributed by atoms with Crippen molar-refractivity contribution in [2.24, 2.45) is 10.2 Å². The Morgan fingerprint density at radius 3 is 2.58 bits per heavy atom. The SMILES string of the molecule is CSc1nc(C)cc(-n2[nH]c(C)c(N=Nc3ccccc3)c2=O)n1. The number of aromatic nitrogens is 4. The minimum Gasteiger partial charge on any atom is -0.292 e. The van der Waals surface area contributed by atoms with Gasteiger partial charge in [-0.15, -0.1) is 5.11 Å². The van der Waals surface area contributed by atoms with Gasteiger partial charge in [-0.1, -0.05) is 30.0 Å². The largest absolute Gasteiger partial charge is 0.300 e. The van der Waals surface area contributed by atoms with Crippen molar-refractivity contribution in [3.63, 3.8) is 0 Å². The van der Waals surface area contributed by atoms with Gasteiger partial charge in [-0.2, -0.15) is 9.80 Å². The number of H-pyrrole nitrogens is 1. The number of hydrogen-bond acceptors (Lipinski definition) is 6. The summed E-state index contributed by atoms with van der Waals surface area (Å²) in [6, 6.07) is 11.0. The average Bonchev–Trinajstić information content (AvgIpc) is 2.87. The zero-order valence-corrected chi connectivity index (χ0v) is 14.3. The molecule has 2 heterocycles. The highest BCUT2D eigenvalue weighted by atomic mass is 32.2. The van der Waals surface area contributed by atoms with Gasteiger partial charge in [0.05, 0.1) is 11.4 Å². The lowest BCUT2D eigenvalue weighted by atomic mass is 10.3. The zero-order valence-electron chi connectivity index (χ0n) is 13.5. The first-order valence-electron chi connectivity index (χ1n) is 7.27. The standard InChI is InChI=1S/C16H16N6OS/c1-10-9-13(18-16(17-10)24-3)22-15(23)14(11(2)21-22)20-19-12-7-5-4-6-8-12/h4-9,21H,1-3H3. The Morgan fingerprint density at radius 1 is 1.12 bits per heavy atom. The van der Waals surface area contributed by atoms with Crippen LogP contribution in [-0.4, -0.2) is 26.0 Å². The zero-order chi connectivity index (χ0) is 17.1. The number of nitrogens with zero attached hydrogens (tertiary/aromatic N) is 5. The molecular weight excluding hydrogens is 324 g/mol. The van der Waals surface area contributed by atoms with E-state index in [4.69, 9.17) is 0 Å². The predicted octanol–water partition coefficient (Wildman–Crippen LogP) is 3.71. The van der Waals surface area contributed by atoms with Gasteiger partial charge in [0.1, 0.15) is 0 Å². The lowest BCUT2D eigenvalue weighted by Gasteiger charge is -2.03.